The van der Waals surface area contributed by atoms with Gasteiger partial charge in [0.2, 0.25) is 0 Å². The Morgan fingerprint density at radius 2 is 2.17 bits per heavy atom. The van der Waals surface area contributed by atoms with Crippen LogP contribution >= 0.6 is 11.3 Å². The van der Waals surface area contributed by atoms with Crippen LogP contribution in [-0.4, -0.2) is 28.9 Å². The molecule has 1 saturated heterocycles. The summed E-state index contributed by atoms with van der Waals surface area (Å²) in [6.45, 7) is 3.54. The van der Waals surface area contributed by atoms with Gasteiger partial charge in [-0.05, 0) is 56.2 Å². The highest BCUT2D eigenvalue weighted by Gasteiger charge is 2.25. The van der Waals surface area contributed by atoms with Gasteiger partial charge >= 0.3 is 0 Å². The molecular weight excluding hydrogens is 311 g/mol. The molecular formula is C18H21FN2OS. The molecule has 3 nitrogen and oxygen atoms in total. The maximum Gasteiger partial charge on any atom is 0.273 e. The minimum atomic E-state index is -0.193. The van der Waals surface area contributed by atoms with E-state index in [9.17, 15) is 9.18 Å². The number of carbonyl (C=O) groups is 1. The number of nitrogens with zero attached hydrogens (tertiary/aromatic N) is 2. The van der Waals surface area contributed by atoms with Crippen LogP contribution < -0.4 is 0 Å². The molecule has 1 aliphatic heterocycles. The summed E-state index contributed by atoms with van der Waals surface area (Å²) in [6, 6.07) is 6.71. The number of benzene rings is 1. The van der Waals surface area contributed by atoms with E-state index in [-0.39, 0.29) is 11.7 Å². The van der Waals surface area contributed by atoms with Crippen molar-refractivity contribution in [2.75, 3.05) is 13.1 Å². The first kappa shape index (κ1) is 16.1. The van der Waals surface area contributed by atoms with Gasteiger partial charge in [0.1, 0.15) is 11.5 Å². The van der Waals surface area contributed by atoms with Gasteiger partial charge in [-0.1, -0.05) is 12.1 Å². The molecule has 0 bridgehead atoms. The first-order valence-corrected chi connectivity index (χ1v) is 8.95. The topological polar surface area (TPSA) is 33.2 Å². The molecule has 2 heterocycles. The molecule has 1 aromatic carbocycles. The zero-order valence-corrected chi connectivity index (χ0v) is 14.1. The molecule has 23 heavy (non-hydrogen) atoms. The van der Waals surface area contributed by atoms with Crippen molar-refractivity contribution in [1.29, 1.82) is 0 Å². The van der Waals surface area contributed by atoms with Crippen molar-refractivity contribution in [3.63, 3.8) is 0 Å². The van der Waals surface area contributed by atoms with Crippen molar-refractivity contribution in [3.05, 3.63) is 51.7 Å². The SMILES string of the molecule is Cc1nc(C(=O)N2CCC[C@@H](CCc3ccc(F)cc3)C2)cs1. The van der Waals surface area contributed by atoms with E-state index in [0.717, 1.165) is 49.3 Å². The zero-order valence-electron chi connectivity index (χ0n) is 13.3. The molecule has 0 saturated carbocycles. The second-order valence-electron chi connectivity index (χ2n) is 6.18. The molecule has 1 amide bonds. The Bertz CT molecular complexity index is 668. The third-order valence-electron chi connectivity index (χ3n) is 4.40. The zero-order chi connectivity index (χ0) is 16.2. The van der Waals surface area contributed by atoms with Gasteiger partial charge in [0, 0.05) is 18.5 Å². The summed E-state index contributed by atoms with van der Waals surface area (Å²) in [5, 5.41) is 2.78. The lowest BCUT2D eigenvalue weighted by Crippen LogP contribution is -2.40. The van der Waals surface area contributed by atoms with Gasteiger partial charge in [-0.2, -0.15) is 0 Å². The van der Waals surface area contributed by atoms with Crippen LogP contribution in [0.25, 0.3) is 0 Å². The van der Waals surface area contributed by atoms with E-state index in [1.807, 2.05) is 29.3 Å². The van der Waals surface area contributed by atoms with Crippen LogP contribution in [0.5, 0.6) is 0 Å². The standard InChI is InChI=1S/C18H21FN2OS/c1-13-20-17(12-23-13)18(22)21-10-2-3-15(11-21)5-4-14-6-8-16(19)9-7-14/h6-9,12,15H,2-5,10-11H2,1H3/t15-/m0/s1. The highest BCUT2D eigenvalue weighted by Crippen LogP contribution is 2.23. The second-order valence-corrected chi connectivity index (χ2v) is 7.24. The van der Waals surface area contributed by atoms with Crippen LogP contribution in [0.3, 0.4) is 0 Å². The van der Waals surface area contributed by atoms with Crippen LogP contribution in [0, 0.1) is 18.7 Å². The molecule has 0 N–H and O–H groups in total. The van der Waals surface area contributed by atoms with E-state index in [1.165, 1.54) is 23.5 Å². The lowest BCUT2D eigenvalue weighted by molar-refractivity contribution is 0.0663. The molecule has 1 aromatic heterocycles. The highest BCUT2D eigenvalue weighted by molar-refractivity contribution is 7.09. The predicted molar refractivity (Wildman–Crippen MR) is 90.2 cm³/mol. The van der Waals surface area contributed by atoms with E-state index in [0.29, 0.717) is 11.6 Å². The number of likely N-dealkylation sites (tertiary alicyclic amines) is 1. The number of aryl methyl sites for hydroxylation is 2. The van der Waals surface area contributed by atoms with Crippen LogP contribution in [0.2, 0.25) is 0 Å². The minimum Gasteiger partial charge on any atom is -0.337 e. The largest absolute Gasteiger partial charge is 0.337 e. The van der Waals surface area contributed by atoms with Crippen LogP contribution in [0.4, 0.5) is 4.39 Å². The van der Waals surface area contributed by atoms with Crippen molar-refractivity contribution in [2.45, 2.75) is 32.6 Å². The molecule has 0 unspecified atom stereocenters. The van der Waals surface area contributed by atoms with E-state index in [1.54, 1.807) is 0 Å². The van der Waals surface area contributed by atoms with E-state index < -0.39 is 0 Å². The Morgan fingerprint density at radius 3 is 2.87 bits per heavy atom. The summed E-state index contributed by atoms with van der Waals surface area (Å²) >= 11 is 1.52. The van der Waals surface area contributed by atoms with E-state index in [4.69, 9.17) is 0 Å². The highest BCUT2D eigenvalue weighted by atomic mass is 32.1. The molecule has 3 rings (SSSR count). The number of piperidine rings is 1. The quantitative estimate of drug-likeness (QED) is 0.845. The van der Waals surface area contributed by atoms with Gasteiger partial charge in [-0.25, -0.2) is 9.37 Å². The Morgan fingerprint density at radius 1 is 1.39 bits per heavy atom. The molecule has 5 heteroatoms. The van der Waals surface area contributed by atoms with Gasteiger partial charge in [-0.3, -0.25) is 4.79 Å². The normalized spacial score (nSPS) is 18.2. The Labute approximate surface area is 140 Å². The van der Waals surface area contributed by atoms with Crippen molar-refractivity contribution in [3.8, 4) is 0 Å². The van der Waals surface area contributed by atoms with Gasteiger partial charge in [0.05, 0.1) is 5.01 Å². The van der Waals surface area contributed by atoms with Gasteiger partial charge in [0.15, 0.2) is 0 Å². The molecule has 1 atom stereocenters. The van der Waals surface area contributed by atoms with Gasteiger partial charge in [0.25, 0.3) is 5.91 Å². The van der Waals surface area contributed by atoms with E-state index >= 15 is 0 Å². The first-order chi connectivity index (χ1) is 11.1. The molecule has 122 valence electrons. The number of rotatable bonds is 4. The number of halogens is 1. The van der Waals surface area contributed by atoms with Crippen LogP contribution in [0.1, 0.15) is 40.3 Å². The predicted octanol–water partition coefficient (Wildman–Crippen LogP) is 4.08. The number of hydrogen-bond donors (Lipinski definition) is 0. The Hall–Kier alpha value is -1.75. The molecule has 2 aromatic rings. The minimum absolute atomic E-state index is 0.0563. The average molecular weight is 332 g/mol. The maximum atomic E-state index is 12.9. The first-order valence-electron chi connectivity index (χ1n) is 8.07. The van der Waals surface area contributed by atoms with Crippen LogP contribution in [0.15, 0.2) is 29.6 Å². The molecule has 1 aliphatic rings. The number of aromatic nitrogens is 1. The summed E-state index contributed by atoms with van der Waals surface area (Å²) < 4.78 is 12.9. The molecule has 1 fully saturated rings. The summed E-state index contributed by atoms with van der Waals surface area (Å²) in [7, 11) is 0. The summed E-state index contributed by atoms with van der Waals surface area (Å²) in [5.74, 6) is 0.375. The smallest absolute Gasteiger partial charge is 0.273 e. The van der Waals surface area contributed by atoms with Crippen molar-refractivity contribution >= 4 is 17.2 Å². The number of hydrogen-bond acceptors (Lipinski definition) is 3. The van der Waals surface area contributed by atoms with Crippen molar-refractivity contribution in [1.82, 2.24) is 9.88 Å². The monoisotopic (exact) mass is 332 g/mol. The fourth-order valence-electron chi connectivity index (χ4n) is 3.13. The van der Waals surface area contributed by atoms with Gasteiger partial charge < -0.3 is 4.90 Å². The summed E-state index contributed by atoms with van der Waals surface area (Å²) in [6.07, 6.45) is 4.16. The molecule has 0 radical (unpaired) electrons. The molecule has 0 aliphatic carbocycles. The van der Waals surface area contributed by atoms with Crippen molar-refractivity contribution in [2.24, 2.45) is 5.92 Å². The lowest BCUT2D eigenvalue weighted by Gasteiger charge is -2.32. The second kappa shape index (κ2) is 7.21. The van der Waals surface area contributed by atoms with Gasteiger partial charge in [-0.15, -0.1) is 11.3 Å². The Kier molecular flexibility index (Phi) is 5.06. The van der Waals surface area contributed by atoms with Crippen LogP contribution in [-0.2, 0) is 6.42 Å². The van der Waals surface area contributed by atoms with Crippen molar-refractivity contribution < 1.29 is 9.18 Å². The third-order valence-corrected chi connectivity index (χ3v) is 5.17. The summed E-state index contributed by atoms with van der Waals surface area (Å²) in [4.78, 5) is 18.7. The Balaban J connectivity index is 1.55. The van der Waals surface area contributed by atoms with E-state index in [2.05, 4.69) is 4.98 Å². The number of amides is 1. The fourth-order valence-corrected chi connectivity index (χ4v) is 3.72. The maximum absolute atomic E-state index is 12.9. The average Bonchev–Trinajstić information content (AvgIpc) is 3.00. The fraction of sp³-hybridized carbons (Fsp3) is 0.444. The molecule has 0 spiro atoms. The summed E-state index contributed by atoms with van der Waals surface area (Å²) in [5.41, 5.74) is 1.73. The lowest BCUT2D eigenvalue weighted by atomic mass is 9.91. The number of carbonyl (C=O) groups excluding carboxylic acids is 1. The number of thiazole rings is 1. The third kappa shape index (κ3) is 4.16.